The Bertz CT molecular complexity index is 1570. The van der Waals surface area contributed by atoms with Gasteiger partial charge in [0.1, 0.15) is 0 Å². The summed E-state index contributed by atoms with van der Waals surface area (Å²) < 4.78 is 66.9. The van der Waals surface area contributed by atoms with Crippen molar-refractivity contribution in [2.24, 2.45) is 17.1 Å². The molecule has 0 aromatic heterocycles. The van der Waals surface area contributed by atoms with E-state index in [1.54, 1.807) is 0 Å². The zero-order valence-corrected chi connectivity index (χ0v) is 27.0. The molecule has 2 unspecified atom stereocenters. The first-order valence-electron chi connectivity index (χ1n) is 14.2. The first-order valence-corrected chi connectivity index (χ1v) is 16.1. The van der Waals surface area contributed by atoms with Crippen LogP contribution < -0.4 is 21.1 Å². The number of aliphatic hydroxyl groups excluding tert-OH is 1. The molecule has 1 fully saturated rings. The highest BCUT2D eigenvalue weighted by Crippen LogP contribution is 2.33. The summed E-state index contributed by atoms with van der Waals surface area (Å²) in [5.41, 5.74) is 2.52. The summed E-state index contributed by atoms with van der Waals surface area (Å²) >= 11 is 5.78. The van der Waals surface area contributed by atoms with Crippen molar-refractivity contribution in [1.82, 2.24) is 15.4 Å². The Kier molecular flexibility index (Phi) is 11.1. The summed E-state index contributed by atoms with van der Waals surface area (Å²) in [6, 6.07) is 6.64. The van der Waals surface area contributed by atoms with Crippen LogP contribution in [0, 0.1) is 11.3 Å². The number of hydrogen-bond donors (Lipinski definition) is 5. The van der Waals surface area contributed by atoms with Gasteiger partial charge in [-0.2, -0.15) is 13.2 Å². The molecule has 4 atom stereocenters. The Morgan fingerprint density at radius 1 is 1.00 bits per heavy atom. The van der Waals surface area contributed by atoms with E-state index in [1.807, 2.05) is 4.72 Å². The molecule has 0 radical (unpaired) electrons. The predicted octanol–water partition coefficient (Wildman–Crippen LogP) is 2.75. The average molecular weight is 689 g/mol. The van der Waals surface area contributed by atoms with Gasteiger partial charge in [-0.3, -0.25) is 24.5 Å². The number of nitrogens with two attached hydrogens (primary N) is 1. The second kappa shape index (κ2) is 13.8. The van der Waals surface area contributed by atoms with E-state index in [4.69, 9.17) is 17.3 Å². The first-order chi connectivity index (χ1) is 21.1. The lowest BCUT2D eigenvalue weighted by atomic mass is 9.71. The van der Waals surface area contributed by atoms with Gasteiger partial charge in [0, 0.05) is 16.1 Å². The Hall–Kier alpha value is -3.37. The van der Waals surface area contributed by atoms with Crippen molar-refractivity contribution in [1.29, 1.82) is 0 Å². The van der Waals surface area contributed by atoms with Crippen LogP contribution in [0.5, 0.6) is 0 Å². The lowest BCUT2D eigenvalue weighted by molar-refractivity contribution is -0.215. The normalized spacial score (nSPS) is 19.3. The summed E-state index contributed by atoms with van der Waals surface area (Å²) in [7, 11) is -4.23. The summed E-state index contributed by atoms with van der Waals surface area (Å²) in [6.45, 7) is 5.64. The molecule has 1 aliphatic heterocycles. The van der Waals surface area contributed by atoms with Crippen molar-refractivity contribution in [3.8, 4) is 0 Å². The lowest BCUT2D eigenvalue weighted by Gasteiger charge is -2.37. The highest BCUT2D eigenvalue weighted by atomic mass is 35.5. The van der Waals surface area contributed by atoms with E-state index >= 15 is 0 Å². The maximum atomic E-state index is 13.8. The van der Waals surface area contributed by atoms with E-state index in [0.29, 0.717) is 11.4 Å². The number of carbonyl (C=O) groups excluding carboxylic acids is 4. The molecule has 16 heteroatoms. The van der Waals surface area contributed by atoms with E-state index in [9.17, 15) is 45.9 Å². The van der Waals surface area contributed by atoms with Crippen molar-refractivity contribution in [2.75, 3.05) is 6.54 Å². The number of nitrogens with one attached hydrogen (secondary N) is 3. The Balaban J connectivity index is 1.80. The molecular formula is C30H36ClF3N4O7S. The van der Waals surface area contributed by atoms with Crippen molar-refractivity contribution in [3.63, 3.8) is 0 Å². The number of sulfonamides is 1. The number of alkyl halides is 3. The number of amides is 2. The maximum Gasteiger partial charge on any atom is 0.416 e. The molecule has 252 valence electrons. The summed E-state index contributed by atoms with van der Waals surface area (Å²) in [5, 5.41) is 15.1. The topological polar surface area (TPSA) is 185 Å². The minimum atomic E-state index is -5.03. The average Bonchev–Trinajstić information content (AvgIpc) is 3.49. The van der Waals surface area contributed by atoms with Crippen LogP contribution in [-0.2, 0) is 19.6 Å². The summed E-state index contributed by atoms with van der Waals surface area (Å²) in [5.74, 6) is -4.51. The van der Waals surface area contributed by atoms with Crippen LogP contribution in [0.3, 0.4) is 0 Å². The molecule has 2 amide bonds. The molecule has 1 aliphatic rings. The molecule has 0 spiro atoms. The molecule has 0 aliphatic carbocycles. The lowest BCUT2D eigenvalue weighted by Crippen LogP contribution is -2.68. The largest absolute Gasteiger partial charge is 0.416 e. The van der Waals surface area contributed by atoms with Crippen LogP contribution >= 0.6 is 11.6 Å². The van der Waals surface area contributed by atoms with Gasteiger partial charge < -0.3 is 16.2 Å². The minimum absolute atomic E-state index is 0.0106. The molecule has 1 saturated heterocycles. The third-order valence-corrected chi connectivity index (χ3v) is 9.66. The SMILES string of the molecule is CC(C)C(NC(=O)[C@@]1(C(=O)[C@@H](N)C(C)(C)C(=O)c2ccc(C(=O)NS(=O)(=O)c3ccc(Cl)cc3)cc2)CCCN1)C(O)C(F)(F)F. The zero-order chi connectivity index (χ0) is 34.8. The Labute approximate surface area is 269 Å². The van der Waals surface area contributed by atoms with Gasteiger partial charge in [-0.1, -0.05) is 51.4 Å². The minimum Gasteiger partial charge on any atom is -0.382 e. The van der Waals surface area contributed by atoms with Gasteiger partial charge in [-0.05, 0) is 61.7 Å². The van der Waals surface area contributed by atoms with E-state index in [1.165, 1.54) is 76.2 Å². The monoisotopic (exact) mass is 688 g/mol. The molecule has 2 aromatic rings. The van der Waals surface area contributed by atoms with Crippen molar-refractivity contribution in [2.45, 2.75) is 75.3 Å². The number of carbonyl (C=O) groups is 4. The second-order valence-corrected chi connectivity index (χ2v) is 14.1. The van der Waals surface area contributed by atoms with Gasteiger partial charge in [0.05, 0.1) is 22.4 Å². The van der Waals surface area contributed by atoms with Gasteiger partial charge in [-0.15, -0.1) is 0 Å². The third-order valence-electron chi connectivity index (χ3n) is 8.06. The number of Topliss-reactive ketones (excluding diaryl/α,β-unsaturated/α-hetero) is 2. The number of benzene rings is 2. The predicted molar refractivity (Wildman–Crippen MR) is 162 cm³/mol. The van der Waals surface area contributed by atoms with E-state index in [-0.39, 0.29) is 29.0 Å². The molecule has 11 nitrogen and oxygen atoms in total. The maximum absolute atomic E-state index is 13.8. The van der Waals surface area contributed by atoms with E-state index in [0.717, 1.165) is 0 Å². The van der Waals surface area contributed by atoms with Crippen LogP contribution in [0.2, 0.25) is 5.02 Å². The number of aliphatic hydroxyl groups is 1. The van der Waals surface area contributed by atoms with E-state index in [2.05, 4.69) is 10.6 Å². The number of ketones is 2. The Morgan fingerprint density at radius 3 is 2.02 bits per heavy atom. The van der Waals surface area contributed by atoms with Gasteiger partial charge in [0.15, 0.2) is 23.2 Å². The van der Waals surface area contributed by atoms with Crippen LogP contribution in [0.15, 0.2) is 53.4 Å². The standard InChI is InChI=1S/C30H36ClF3N4O7S/c1-16(2)21(24(40)30(32,33)34)37-27(43)29(14-5-15-36-29)25(41)22(35)28(3,4)23(39)17-6-8-18(9-7-17)26(42)38-46(44,45)20-12-10-19(31)11-13-20/h6-13,16,21-22,24,36,40H,5,14-15,35H2,1-4H3,(H,37,43)(H,38,42)/t21?,22-,24?,29+/m1/s1. The molecule has 0 bridgehead atoms. The van der Waals surface area contributed by atoms with Gasteiger partial charge >= 0.3 is 6.18 Å². The second-order valence-electron chi connectivity index (χ2n) is 12.0. The molecule has 2 aromatic carbocycles. The summed E-state index contributed by atoms with van der Waals surface area (Å²) in [4.78, 5) is 53.3. The summed E-state index contributed by atoms with van der Waals surface area (Å²) in [6.07, 6.45) is -7.72. The smallest absolute Gasteiger partial charge is 0.382 e. The molecular weight excluding hydrogens is 653 g/mol. The third kappa shape index (κ3) is 7.77. The molecule has 0 saturated carbocycles. The molecule has 46 heavy (non-hydrogen) atoms. The van der Waals surface area contributed by atoms with Crippen molar-refractivity contribution in [3.05, 3.63) is 64.7 Å². The van der Waals surface area contributed by atoms with Crippen LogP contribution in [-0.4, -0.2) is 73.4 Å². The quantitative estimate of drug-likeness (QED) is 0.165. The van der Waals surface area contributed by atoms with Gasteiger partial charge in [-0.25, -0.2) is 13.1 Å². The molecule has 6 N–H and O–H groups in total. The van der Waals surface area contributed by atoms with Gasteiger partial charge in [0.25, 0.3) is 15.9 Å². The van der Waals surface area contributed by atoms with Crippen molar-refractivity contribution >= 4 is 45.0 Å². The highest BCUT2D eigenvalue weighted by Gasteiger charge is 2.55. The zero-order valence-electron chi connectivity index (χ0n) is 25.4. The fraction of sp³-hybridized carbons (Fsp3) is 0.467. The number of halogens is 4. The molecule has 1 heterocycles. The van der Waals surface area contributed by atoms with Gasteiger partial charge in [0.2, 0.25) is 5.91 Å². The van der Waals surface area contributed by atoms with Crippen molar-refractivity contribution < 1.29 is 45.9 Å². The number of hydrogen-bond acceptors (Lipinski definition) is 9. The van der Waals surface area contributed by atoms with Crippen LogP contribution in [0.4, 0.5) is 13.2 Å². The highest BCUT2D eigenvalue weighted by molar-refractivity contribution is 7.90. The fourth-order valence-corrected chi connectivity index (χ4v) is 6.18. The number of rotatable bonds is 12. The van der Waals surface area contributed by atoms with Crippen LogP contribution in [0.25, 0.3) is 0 Å². The van der Waals surface area contributed by atoms with Crippen LogP contribution in [0.1, 0.15) is 61.3 Å². The Morgan fingerprint density at radius 2 is 1.54 bits per heavy atom. The van der Waals surface area contributed by atoms with E-state index < -0.39 is 74.6 Å². The fourth-order valence-electron chi connectivity index (χ4n) is 5.08. The first kappa shape index (κ1) is 37.1. The molecule has 3 rings (SSSR count).